The number of fused-ring (bicyclic) bond motifs is 1. The lowest BCUT2D eigenvalue weighted by Crippen LogP contribution is -2.36. The van der Waals surface area contributed by atoms with Gasteiger partial charge in [0.05, 0.1) is 15.1 Å². The van der Waals surface area contributed by atoms with Crippen molar-refractivity contribution in [3.8, 4) is 0 Å². The normalized spacial score (nSPS) is 11.8. The number of amides is 1. The van der Waals surface area contributed by atoms with Gasteiger partial charge in [-0.1, -0.05) is 23.5 Å². The van der Waals surface area contributed by atoms with E-state index in [-0.39, 0.29) is 29.7 Å². The van der Waals surface area contributed by atoms with Gasteiger partial charge in [-0.3, -0.25) is 9.69 Å². The van der Waals surface area contributed by atoms with Gasteiger partial charge < -0.3 is 4.90 Å². The van der Waals surface area contributed by atoms with Crippen molar-refractivity contribution in [1.82, 2.24) is 14.2 Å². The molecule has 180 valence electrons. The molecule has 3 aromatic rings. The molecule has 0 spiro atoms. The zero-order valence-electron chi connectivity index (χ0n) is 19.1. The third kappa shape index (κ3) is 5.76. The number of rotatable bonds is 11. The van der Waals surface area contributed by atoms with E-state index in [1.54, 1.807) is 6.07 Å². The van der Waals surface area contributed by atoms with E-state index in [9.17, 15) is 17.6 Å². The van der Waals surface area contributed by atoms with Crippen LogP contribution in [-0.2, 0) is 10.0 Å². The Bertz CT molecular complexity index is 1280. The molecule has 0 aliphatic carbocycles. The molecule has 0 atom stereocenters. The van der Waals surface area contributed by atoms with Gasteiger partial charge in [0.15, 0.2) is 5.13 Å². The minimum absolute atomic E-state index is 0.0723. The Hall–Kier alpha value is -2.92. The predicted molar refractivity (Wildman–Crippen MR) is 135 cm³/mol. The van der Waals surface area contributed by atoms with Crippen LogP contribution in [0.15, 0.2) is 72.7 Å². The van der Waals surface area contributed by atoms with Crippen LogP contribution in [-0.4, -0.2) is 68.8 Å². The second-order valence-corrected chi connectivity index (χ2v) is 10.7. The van der Waals surface area contributed by atoms with Crippen LogP contribution in [0.2, 0.25) is 0 Å². The number of hydrogen-bond donors (Lipinski definition) is 0. The van der Waals surface area contributed by atoms with E-state index in [0.717, 1.165) is 0 Å². The summed E-state index contributed by atoms with van der Waals surface area (Å²) >= 11 is 1.23. The highest BCUT2D eigenvalue weighted by atomic mass is 32.2. The van der Waals surface area contributed by atoms with Crippen LogP contribution < -0.4 is 4.90 Å². The lowest BCUT2D eigenvalue weighted by Gasteiger charge is -2.22. The molecule has 0 radical (unpaired) electrons. The van der Waals surface area contributed by atoms with Crippen molar-refractivity contribution in [3.63, 3.8) is 0 Å². The summed E-state index contributed by atoms with van der Waals surface area (Å²) in [6.07, 6.45) is 3.01. The first-order valence-corrected chi connectivity index (χ1v) is 12.8. The zero-order chi connectivity index (χ0) is 24.9. The molecule has 0 aliphatic rings. The van der Waals surface area contributed by atoms with Gasteiger partial charge in [-0.2, -0.15) is 4.31 Å². The van der Waals surface area contributed by atoms with Crippen molar-refractivity contribution in [2.24, 2.45) is 0 Å². The Balaban J connectivity index is 1.93. The molecule has 1 heterocycles. The molecular weight excluding hydrogens is 475 g/mol. The average molecular weight is 503 g/mol. The number of carbonyl (C=O) groups is 1. The van der Waals surface area contributed by atoms with E-state index in [1.165, 1.54) is 69.1 Å². The van der Waals surface area contributed by atoms with Crippen molar-refractivity contribution >= 4 is 42.6 Å². The van der Waals surface area contributed by atoms with Crippen LogP contribution in [0.4, 0.5) is 9.52 Å². The number of halogens is 1. The van der Waals surface area contributed by atoms with Gasteiger partial charge in [0.1, 0.15) is 5.82 Å². The van der Waals surface area contributed by atoms with E-state index >= 15 is 0 Å². The van der Waals surface area contributed by atoms with Gasteiger partial charge in [-0.15, -0.1) is 13.2 Å². The molecule has 10 heteroatoms. The van der Waals surface area contributed by atoms with Gasteiger partial charge in [0.2, 0.25) is 10.0 Å². The fraction of sp³-hybridized carbons (Fsp3) is 0.250. The van der Waals surface area contributed by atoms with E-state index in [0.29, 0.717) is 34.0 Å². The fourth-order valence-electron chi connectivity index (χ4n) is 3.22. The van der Waals surface area contributed by atoms with Gasteiger partial charge in [0.25, 0.3) is 5.91 Å². The second kappa shape index (κ2) is 11.0. The quantitative estimate of drug-likeness (QED) is 0.371. The predicted octanol–water partition coefficient (Wildman–Crippen LogP) is 4.01. The summed E-state index contributed by atoms with van der Waals surface area (Å²) in [6.45, 7) is 8.45. The molecule has 7 nitrogen and oxygen atoms in total. The van der Waals surface area contributed by atoms with Gasteiger partial charge in [-0.25, -0.2) is 17.8 Å². The van der Waals surface area contributed by atoms with Crippen molar-refractivity contribution in [1.29, 1.82) is 0 Å². The molecule has 0 saturated heterocycles. The highest BCUT2D eigenvalue weighted by molar-refractivity contribution is 7.89. The average Bonchev–Trinajstić information content (AvgIpc) is 3.21. The number of benzene rings is 2. The molecule has 2 aromatic carbocycles. The number of hydrogen-bond acceptors (Lipinski definition) is 6. The molecule has 1 amide bonds. The molecule has 0 N–H and O–H groups in total. The maximum absolute atomic E-state index is 13.6. The molecule has 0 aliphatic heterocycles. The van der Waals surface area contributed by atoms with Gasteiger partial charge in [0, 0.05) is 31.7 Å². The highest BCUT2D eigenvalue weighted by Crippen LogP contribution is 2.30. The molecule has 0 bridgehead atoms. The molecule has 0 fully saturated rings. The summed E-state index contributed by atoms with van der Waals surface area (Å²) in [5, 5.41) is 0.451. The monoisotopic (exact) mass is 502 g/mol. The second-order valence-electron chi connectivity index (χ2n) is 7.79. The standard InChI is InChI=1S/C24H27FN4O3S2/c1-5-13-28(14-6-2)34(31,32)20-10-7-18(8-11-20)23(30)29(16-15-27(3)4)24-26-21-12-9-19(25)17-22(21)33-24/h5-12,17H,1-2,13-16H2,3-4H3. The van der Waals surface area contributed by atoms with E-state index in [4.69, 9.17) is 0 Å². The van der Waals surface area contributed by atoms with Crippen molar-refractivity contribution < 1.29 is 17.6 Å². The summed E-state index contributed by atoms with van der Waals surface area (Å²) in [4.78, 5) is 21.5. The molecule has 34 heavy (non-hydrogen) atoms. The van der Waals surface area contributed by atoms with Crippen LogP contribution >= 0.6 is 11.3 Å². The molecule has 1 aromatic heterocycles. The number of nitrogens with zero attached hydrogens (tertiary/aromatic N) is 4. The smallest absolute Gasteiger partial charge is 0.260 e. The van der Waals surface area contributed by atoms with Crippen LogP contribution in [0.1, 0.15) is 10.4 Å². The maximum atomic E-state index is 13.6. The number of carbonyl (C=O) groups excluding carboxylic acids is 1. The van der Waals surface area contributed by atoms with E-state index in [1.807, 2.05) is 19.0 Å². The van der Waals surface area contributed by atoms with Crippen LogP contribution in [0.3, 0.4) is 0 Å². The zero-order valence-corrected chi connectivity index (χ0v) is 20.8. The number of thiazole rings is 1. The summed E-state index contributed by atoms with van der Waals surface area (Å²) in [6, 6.07) is 10.1. The van der Waals surface area contributed by atoms with E-state index in [2.05, 4.69) is 18.1 Å². The lowest BCUT2D eigenvalue weighted by molar-refractivity contribution is 0.0985. The summed E-state index contributed by atoms with van der Waals surface area (Å²) in [7, 11) is 0.0246. The third-order valence-electron chi connectivity index (χ3n) is 4.99. The molecule has 0 unspecified atom stereocenters. The minimum Gasteiger partial charge on any atom is -0.308 e. The van der Waals surface area contributed by atoms with Crippen LogP contribution in [0, 0.1) is 5.82 Å². The fourth-order valence-corrected chi connectivity index (χ4v) is 5.62. The van der Waals surface area contributed by atoms with E-state index < -0.39 is 10.0 Å². The summed E-state index contributed by atoms with van der Waals surface area (Å²) < 4.78 is 41.4. The Morgan fingerprint density at radius 1 is 1.06 bits per heavy atom. The Morgan fingerprint density at radius 3 is 2.29 bits per heavy atom. The molecule has 3 rings (SSSR count). The number of likely N-dealkylation sites (N-methyl/N-ethyl adjacent to an activating group) is 1. The third-order valence-corrected chi connectivity index (χ3v) is 7.88. The number of aromatic nitrogens is 1. The Kier molecular flexibility index (Phi) is 8.32. The van der Waals surface area contributed by atoms with Crippen molar-refractivity contribution in [2.75, 3.05) is 45.2 Å². The number of sulfonamides is 1. The van der Waals surface area contributed by atoms with Gasteiger partial charge >= 0.3 is 0 Å². The Labute approximate surface area is 203 Å². The Morgan fingerprint density at radius 2 is 1.71 bits per heavy atom. The molecular formula is C24H27FN4O3S2. The largest absolute Gasteiger partial charge is 0.308 e. The summed E-state index contributed by atoms with van der Waals surface area (Å²) in [5.41, 5.74) is 0.928. The first-order valence-electron chi connectivity index (χ1n) is 10.5. The van der Waals surface area contributed by atoms with Crippen molar-refractivity contribution in [2.45, 2.75) is 4.90 Å². The SMILES string of the molecule is C=CCN(CC=C)S(=O)(=O)c1ccc(C(=O)N(CCN(C)C)c2nc3ccc(F)cc3s2)cc1. The molecule has 0 saturated carbocycles. The van der Waals surface area contributed by atoms with Crippen LogP contribution in [0.25, 0.3) is 10.2 Å². The minimum atomic E-state index is -3.77. The van der Waals surface area contributed by atoms with Crippen molar-refractivity contribution in [3.05, 3.63) is 79.2 Å². The van der Waals surface area contributed by atoms with Crippen LogP contribution in [0.5, 0.6) is 0 Å². The highest BCUT2D eigenvalue weighted by Gasteiger charge is 2.25. The first kappa shape index (κ1) is 25.7. The first-order chi connectivity index (χ1) is 16.2. The summed E-state index contributed by atoms with van der Waals surface area (Å²) in [5.74, 6) is -0.688. The van der Waals surface area contributed by atoms with Gasteiger partial charge in [-0.05, 0) is 56.6 Å². The number of anilines is 1. The lowest BCUT2D eigenvalue weighted by atomic mass is 10.2. The maximum Gasteiger partial charge on any atom is 0.260 e. The topological polar surface area (TPSA) is 73.8 Å².